The van der Waals surface area contributed by atoms with Crippen LogP contribution in [0.1, 0.15) is 18.6 Å². The van der Waals surface area contributed by atoms with Crippen molar-refractivity contribution in [1.29, 1.82) is 0 Å². The van der Waals surface area contributed by atoms with E-state index in [0.717, 1.165) is 18.2 Å². The fourth-order valence-electron chi connectivity index (χ4n) is 2.81. The summed E-state index contributed by atoms with van der Waals surface area (Å²) in [7, 11) is 0. The second-order valence-corrected chi connectivity index (χ2v) is 6.20. The molecule has 0 aliphatic heterocycles. The number of carbonyl (C=O) groups excluding carboxylic acids is 1. The van der Waals surface area contributed by atoms with Crippen LogP contribution in [0.2, 0.25) is 0 Å². The van der Waals surface area contributed by atoms with E-state index in [-0.39, 0.29) is 5.75 Å². The highest BCUT2D eigenvalue weighted by Gasteiger charge is 2.27. The van der Waals surface area contributed by atoms with Gasteiger partial charge in [-0.25, -0.2) is 4.39 Å². The van der Waals surface area contributed by atoms with Crippen molar-refractivity contribution in [2.24, 2.45) is 0 Å². The van der Waals surface area contributed by atoms with Crippen molar-refractivity contribution < 1.29 is 23.6 Å². The lowest BCUT2D eigenvalue weighted by molar-refractivity contribution is -0.386. The third-order valence-corrected chi connectivity index (χ3v) is 4.15. The van der Waals surface area contributed by atoms with Crippen LogP contribution in [-0.4, -0.2) is 17.4 Å². The van der Waals surface area contributed by atoms with Gasteiger partial charge in [-0.1, -0.05) is 42.5 Å². The van der Waals surface area contributed by atoms with Gasteiger partial charge in [-0.05, 0) is 25.1 Å². The van der Waals surface area contributed by atoms with Crippen LogP contribution >= 0.6 is 0 Å². The molecule has 0 saturated heterocycles. The first-order chi connectivity index (χ1) is 14.5. The first kappa shape index (κ1) is 20.8. The number of nitro groups is 1. The molecule has 0 aliphatic carbocycles. The first-order valence-corrected chi connectivity index (χ1v) is 9.18. The standard InChI is InChI=1S/C22H19FN2O5/c1-2-29-19-11-7-6-10-17(19)24-22(26)21(15-8-4-3-5-9-15)30-20-14-16(23)12-13-18(20)25(27)28/h3-14,21H,2H2,1H3,(H,24,26)/t21-/m1/s1. The number of nitrogens with one attached hydrogen (secondary N) is 1. The van der Waals surface area contributed by atoms with Crippen molar-refractivity contribution in [3.8, 4) is 11.5 Å². The SMILES string of the molecule is CCOc1ccccc1NC(=O)[C@H](Oc1cc(F)ccc1[N+](=O)[O-])c1ccccc1. The van der Waals surface area contributed by atoms with Crippen molar-refractivity contribution in [2.75, 3.05) is 11.9 Å². The Morgan fingerprint density at radius 2 is 1.77 bits per heavy atom. The molecule has 0 spiro atoms. The Labute approximate surface area is 172 Å². The van der Waals surface area contributed by atoms with Crippen molar-refractivity contribution in [3.63, 3.8) is 0 Å². The first-order valence-electron chi connectivity index (χ1n) is 9.18. The van der Waals surface area contributed by atoms with Gasteiger partial charge in [-0.2, -0.15) is 0 Å². The molecule has 0 fully saturated rings. The quantitative estimate of drug-likeness (QED) is 0.422. The Balaban J connectivity index is 1.96. The third-order valence-electron chi connectivity index (χ3n) is 4.15. The lowest BCUT2D eigenvalue weighted by atomic mass is 10.1. The van der Waals surface area contributed by atoms with E-state index in [9.17, 15) is 19.3 Å². The van der Waals surface area contributed by atoms with E-state index >= 15 is 0 Å². The predicted molar refractivity (Wildman–Crippen MR) is 109 cm³/mol. The van der Waals surface area contributed by atoms with Gasteiger partial charge < -0.3 is 14.8 Å². The smallest absolute Gasteiger partial charge is 0.311 e. The molecule has 3 aromatic carbocycles. The molecular weight excluding hydrogens is 391 g/mol. The minimum absolute atomic E-state index is 0.345. The van der Waals surface area contributed by atoms with E-state index in [4.69, 9.17) is 9.47 Å². The molecule has 7 nitrogen and oxygen atoms in total. The Morgan fingerprint density at radius 1 is 1.07 bits per heavy atom. The average Bonchev–Trinajstić information content (AvgIpc) is 2.74. The topological polar surface area (TPSA) is 90.7 Å². The maximum atomic E-state index is 13.7. The summed E-state index contributed by atoms with van der Waals surface area (Å²) in [4.78, 5) is 23.7. The van der Waals surface area contributed by atoms with Crippen molar-refractivity contribution in [3.05, 3.63) is 94.3 Å². The molecule has 3 aromatic rings. The van der Waals surface area contributed by atoms with Crippen molar-refractivity contribution in [1.82, 2.24) is 0 Å². The van der Waals surface area contributed by atoms with Gasteiger partial charge in [0.15, 0.2) is 0 Å². The predicted octanol–water partition coefficient (Wildman–Crippen LogP) is 4.89. The molecule has 0 unspecified atom stereocenters. The molecule has 0 aliphatic rings. The number of rotatable bonds is 8. The van der Waals surface area contributed by atoms with E-state index in [1.807, 2.05) is 6.92 Å². The normalized spacial score (nSPS) is 11.4. The number of benzene rings is 3. The van der Waals surface area contributed by atoms with Crippen LogP contribution in [0.15, 0.2) is 72.8 Å². The van der Waals surface area contributed by atoms with Crippen LogP contribution in [0.25, 0.3) is 0 Å². The zero-order chi connectivity index (χ0) is 21.5. The summed E-state index contributed by atoms with van der Waals surface area (Å²) < 4.78 is 24.9. The van der Waals surface area contributed by atoms with Crippen molar-refractivity contribution >= 4 is 17.3 Å². The fraction of sp³-hybridized carbons (Fsp3) is 0.136. The lowest BCUT2D eigenvalue weighted by Gasteiger charge is -2.20. The second-order valence-electron chi connectivity index (χ2n) is 6.20. The molecule has 0 radical (unpaired) electrons. The molecule has 0 heterocycles. The van der Waals surface area contributed by atoms with Gasteiger partial charge in [0.2, 0.25) is 11.9 Å². The number of anilines is 1. The molecule has 8 heteroatoms. The highest BCUT2D eigenvalue weighted by Crippen LogP contribution is 2.33. The summed E-state index contributed by atoms with van der Waals surface area (Å²) in [6.45, 7) is 2.22. The number of carbonyl (C=O) groups is 1. The van der Waals surface area contributed by atoms with Gasteiger partial charge in [0.25, 0.3) is 5.91 Å². The second kappa shape index (κ2) is 9.51. The van der Waals surface area contributed by atoms with Gasteiger partial charge >= 0.3 is 5.69 Å². The van der Waals surface area contributed by atoms with Gasteiger partial charge in [0, 0.05) is 17.7 Å². The molecule has 1 N–H and O–H groups in total. The maximum absolute atomic E-state index is 13.7. The van der Waals surface area contributed by atoms with Gasteiger partial charge in [-0.3, -0.25) is 14.9 Å². The maximum Gasteiger partial charge on any atom is 0.311 e. The van der Waals surface area contributed by atoms with Crippen LogP contribution in [0, 0.1) is 15.9 Å². The Bertz CT molecular complexity index is 1040. The number of hydrogen-bond donors (Lipinski definition) is 1. The molecule has 154 valence electrons. The molecule has 30 heavy (non-hydrogen) atoms. The molecule has 0 aromatic heterocycles. The van der Waals surface area contributed by atoms with Crippen molar-refractivity contribution in [2.45, 2.75) is 13.0 Å². The number of hydrogen-bond acceptors (Lipinski definition) is 5. The van der Waals surface area contributed by atoms with Gasteiger partial charge in [0.05, 0.1) is 17.2 Å². The summed E-state index contributed by atoms with van der Waals surface area (Å²) in [5.41, 5.74) is 0.421. The van der Waals surface area contributed by atoms with E-state index in [2.05, 4.69) is 5.32 Å². The Kier molecular flexibility index (Phi) is 6.59. The number of ether oxygens (including phenoxy) is 2. The number of amides is 1. The van der Waals surface area contributed by atoms with E-state index in [1.54, 1.807) is 54.6 Å². The molecule has 1 amide bonds. The van der Waals surface area contributed by atoms with Crippen LogP contribution in [0.3, 0.4) is 0 Å². The largest absolute Gasteiger partial charge is 0.492 e. The third kappa shape index (κ3) is 4.91. The number of para-hydroxylation sites is 2. The Morgan fingerprint density at radius 3 is 2.47 bits per heavy atom. The minimum Gasteiger partial charge on any atom is -0.492 e. The molecule has 0 saturated carbocycles. The monoisotopic (exact) mass is 410 g/mol. The number of nitro benzene ring substituents is 1. The van der Waals surface area contributed by atoms with Crippen LogP contribution < -0.4 is 14.8 Å². The Hall–Kier alpha value is -3.94. The van der Waals surface area contributed by atoms with Crippen LogP contribution in [0.4, 0.5) is 15.8 Å². The highest BCUT2D eigenvalue weighted by molar-refractivity contribution is 5.96. The lowest BCUT2D eigenvalue weighted by Crippen LogP contribution is -2.26. The highest BCUT2D eigenvalue weighted by atomic mass is 19.1. The number of halogens is 1. The summed E-state index contributed by atoms with van der Waals surface area (Å²) in [5.74, 6) is -1.18. The van der Waals surface area contributed by atoms with E-state index in [1.165, 1.54) is 0 Å². The van der Waals surface area contributed by atoms with E-state index < -0.39 is 28.4 Å². The van der Waals surface area contributed by atoms with Gasteiger partial charge in [0.1, 0.15) is 11.6 Å². The average molecular weight is 410 g/mol. The zero-order valence-corrected chi connectivity index (χ0v) is 16.1. The summed E-state index contributed by atoms with van der Waals surface area (Å²) >= 11 is 0. The fourth-order valence-corrected chi connectivity index (χ4v) is 2.81. The molecule has 0 bridgehead atoms. The van der Waals surface area contributed by atoms with Crippen LogP contribution in [0.5, 0.6) is 11.5 Å². The van der Waals surface area contributed by atoms with Crippen LogP contribution in [-0.2, 0) is 4.79 Å². The number of nitrogens with zero attached hydrogens (tertiary/aromatic N) is 1. The summed E-state index contributed by atoms with van der Waals surface area (Å²) in [5, 5.41) is 14.0. The summed E-state index contributed by atoms with van der Waals surface area (Å²) in [6.07, 6.45) is -1.26. The zero-order valence-electron chi connectivity index (χ0n) is 16.1. The molecule has 3 rings (SSSR count). The van der Waals surface area contributed by atoms with E-state index in [0.29, 0.717) is 23.6 Å². The molecular formula is C22H19FN2O5. The van der Waals surface area contributed by atoms with Gasteiger partial charge in [-0.15, -0.1) is 0 Å². The minimum atomic E-state index is -1.26. The molecule has 1 atom stereocenters. The summed E-state index contributed by atoms with van der Waals surface area (Å²) in [6, 6.07) is 18.1.